The minimum absolute atomic E-state index is 0.210. The molecule has 0 spiro atoms. The number of anilines is 1. The van der Waals surface area contributed by atoms with E-state index in [1.54, 1.807) is 24.3 Å². The van der Waals surface area contributed by atoms with Crippen LogP contribution >= 0.6 is 0 Å². The summed E-state index contributed by atoms with van der Waals surface area (Å²) in [5.41, 5.74) is 7.36. The highest BCUT2D eigenvalue weighted by atomic mass is 19.4. The van der Waals surface area contributed by atoms with E-state index in [1.807, 2.05) is 30.3 Å². The van der Waals surface area contributed by atoms with E-state index in [4.69, 9.17) is 10.8 Å². The lowest BCUT2D eigenvalue weighted by atomic mass is 9.90. The Bertz CT molecular complexity index is 1450. The van der Waals surface area contributed by atoms with E-state index >= 15 is 0 Å². The van der Waals surface area contributed by atoms with Gasteiger partial charge in [-0.1, -0.05) is 48.5 Å². The predicted molar refractivity (Wildman–Crippen MR) is 137 cm³/mol. The molecule has 0 bridgehead atoms. The molecule has 3 aromatic carbocycles. The van der Waals surface area contributed by atoms with Gasteiger partial charge in [-0.15, -0.1) is 0 Å². The predicted octanol–water partition coefficient (Wildman–Crippen LogP) is 4.08. The first-order chi connectivity index (χ1) is 18.5. The van der Waals surface area contributed by atoms with Gasteiger partial charge in [-0.05, 0) is 41.5 Å². The second kappa shape index (κ2) is 11.2. The monoisotopic (exact) mass is 537 g/mol. The van der Waals surface area contributed by atoms with Crippen molar-refractivity contribution in [1.82, 2.24) is 5.01 Å². The first kappa shape index (κ1) is 27.0. The first-order valence-electron chi connectivity index (χ1n) is 11.6. The molecule has 0 fully saturated rings. The SMILES string of the molecule is NC(=NC(=O)c1cccc(C(F)(F)F)c1)N1CC(c2ccccc2)C(c2ccc(NC(=O)CC(=O)O)cc2)=N1. The van der Waals surface area contributed by atoms with Gasteiger partial charge in [-0.25, -0.2) is 5.01 Å². The number of nitrogens with zero attached hydrogens (tertiary/aromatic N) is 3. The number of hydrogen-bond donors (Lipinski definition) is 3. The van der Waals surface area contributed by atoms with Gasteiger partial charge in [0.25, 0.3) is 5.91 Å². The standard InChI is InChI=1S/C27H22F3N5O4/c28-27(29,30)19-8-4-7-18(13-19)25(39)33-26(31)35-15-21(16-5-2-1-3-6-16)24(34-35)17-9-11-20(12-10-17)32-22(36)14-23(37)38/h1-13,21H,14-15H2,(H,32,36)(H,37,38)(H2,31,33,39). The van der Waals surface area contributed by atoms with Crippen LogP contribution in [0.1, 0.15) is 39.4 Å². The fraction of sp³-hybridized carbons (Fsp3) is 0.148. The van der Waals surface area contributed by atoms with E-state index in [9.17, 15) is 27.6 Å². The molecule has 1 atom stereocenters. The molecule has 0 aromatic heterocycles. The number of rotatable bonds is 6. The van der Waals surface area contributed by atoms with Crippen molar-refractivity contribution in [3.63, 3.8) is 0 Å². The minimum atomic E-state index is -4.61. The highest BCUT2D eigenvalue weighted by Gasteiger charge is 2.32. The minimum Gasteiger partial charge on any atom is -0.481 e. The maximum Gasteiger partial charge on any atom is 0.416 e. The molecule has 9 nitrogen and oxygen atoms in total. The van der Waals surface area contributed by atoms with Crippen LogP contribution in [-0.2, 0) is 15.8 Å². The van der Waals surface area contributed by atoms with Gasteiger partial charge in [-0.2, -0.15) is 23.3 Å². The Morgan fingerprint density at radius 2 is 1.72 bits per heavy atom. The van der Waals surface area contributed by atoms with Gasteiger partial charge in [0, 0.05) is 17.2 Å². The number of carbonyl (C=O) groups is 3. The molecular weight excluding hydrogens is 515 g/mol. The zero-order valence-corrected chi connectivity index (χ0v) is 20.2. The number of hydrazone groups is 1. The number of halogens is 3. The second-order valence-corrected chi connectivity index (χ2v) is 8.58. The van der Waals surface area contributed by atoms with Crippen molar-refractivity contribution in [1.29, 1.82) is 0 Å². The average molecular weight is 537 g/mol. The van der Waals surface area contributed by atoms with Crippen molar-refractivity contribution in [2.24, 2.45) is 15.8 Å². The Hall–Kier alpha value is -5.00. The number of nitrogens with one attached hydrogen (secondary N) is 1. The van der Waals surface area contributed by atoms with Crippen LogP contribution in [0.2, 0.25) is 0 Å². The fourth-order valence-electron chi connectivity index (χ4n) is 3.97. The van der Waals surface area contributed by atoms with Crippen LogP contribution in [0, 0.1) is 0 Å². The summed E-state index contributed by atoms with van der Waals surface area (Å²) < 4.78 is 39.1. The summed E-state index contributed by atoms with van der Waals surface area (Å²) in [6.07, 6.45) is -5.28. The summed E-state index contributed by atoms with van der Waals surface area (Å²) in [5, 5.41) is 17.1. The molecule has 39 heavy (non-hydrogen) atoms. The smallest absolute Gasteiger partial charge is 0.416 e. The lowest BCUT2D eigenvalue weighted by molar-refractivity contribution is -0.140. The van der Waals surface area contributed by atoms with E-state index in [0.29, 0.717) is 23.0 Å². The van der Waals surface area contributed by atoms with E-state index < -0.39 is 35.9 Å². The summed E-state index contributed by atoms with van der Waals surface area (Å²) >= 11 is 0. The number of carboxylic acids is 1. The van der Waals surface area contributed by atoms with E-state index in [-0.39, 0.29) is 24.0 Å². The quantitative estimate of drug-likeness (QED) is 0.246. The van der Waals surface area contributed by atoms with Crippen molar-refractivity contribution in [3.8, 4) is 0 Å². The molecule has 0 saturated heterocycles. The number of alkyl halides is 3. The molecule has 0 radical (unpaired) electrons. The Morgan fingerprint density at radius 1 is 1.03 bits per heavy atom. The number of nitrogens with two attached hydrogens (primary N) is 1. The lowest BCUT2D eigenvalue weighted by Crippen LogP contribution is -2.33. The zero-order valence-electron chi connectivity index (χ0n) is 20.2. The molecule has 1 unspecified atom stereocenters. The number of amides is 2. The van der Waals surface area contributed by atoms with Gasteiger partial charge in [0.15, 0.2) is 0 Å². The van der Waals surface area contributed by atoms with Crippen LogP contribution < -0.4 is 11.1 Å². The number of aliphatic carboxylic acids is 1. The largest absolute Gasteiger partial charge is 0.481 e. The van der Waals surface area contributed by atoms with Gasteiger partial charge >= 0.3 is 12.1 Å². The molecule has 1 aliphatic rings. The maximum absolute atomic E-state index is 13.0. The van der Waals surface area contributed by atoms with Crippen LogP contribution in [0.25, 0.3) is 0 Å². The molecule has 1 heterocycles. The maximum atomic E-state index is 13.0. The Morgan fingerprint density at radius 3 is 2.36 bits per heavy atom. The van der Waals surface area contributed by atoms with Crippen molar-refractivity contribution >= 4 is 35.1 Å². The summed E-state index contributed by atoms with van der Waals surface area (Å²) in [6.45, 7) is 0.210. The van der Waals surface area contributed by atoms with Crippen molar-refractivity contribution in [3.05, 3.63) is 101 Å². The van der Waals surface area contributed by atoms with Crippen molar-refractivity contribution < 1.29 is 32.7 Å². The Balaban J connectivity index is 1.60. The zero-order chi connectivity index (χ0) is 28.2. The highest BCUT2D eigenvalue weighted by molar-refractivity contribution is 6.09. The van der Waals surface area contributed by atoms with E-state index in [2.05, 4.69) is 15.4 Å². The molecule has 0 aliphatic carbocycles. The fourth-order valence-corrected chi connectivity index (χ4v) is 3.97. The number of carboxylic acid groups (broad SMARTS) is 1. The van der Waals surface area contributed by atoms with Crippen LogP contribution in [0.15, 0.2) is 89.0 Å². The van der Waals surface area contributed by atoms with E-state index in [1.165, 1.54) is 11.1 Å². The van der Waals surface area contributed by atoms with Crippen LogP contribution in [0.4, 0.5) is 18.9 Å². The number of carbonyl (C=O) groups excluding carboxylic acids is 2. The molecule has 3 aromatic rings. The second-order valence-electron chi connectivity index (χ2n) is 8.58. The molecule has 200 valence electrons. The summed E-state index contributed by atoms with van der Waals surface area (Å²) in [5.74, 6) is -3.45. The van der Waals surface area contributed by atoms with E-state index in [0.717, 1.165) is 17.7 Å². The molecule has 2 amide bonds. The third kappa shape index (κ3) is 6.66. The van der Waals surface area contributed by atoms with Gasteiger partial charge in [0.05, 0.1) is 17.8 Å². The van der Waals surface area contributed by atoms with Crippen LogP contribution in [0.5, 0.6) is 0 Å². The third-order valence-corrected chi connectivity index (χ3v) is 5.81. The number of aliphatic imine (C=N–C) groups is 1. The average Bonchev–Trinajstić information content (AvgIpc) is 3.34. The lowest BCUT2D eigenvalue weighted by Gasteiger charge is -2.15. The summed E-state index contributed by atoms with van der Waals surface area (Å²) in [7, 11) is 0. The van der Waals surface area contributed by atoms with Gasteiger partial charge < -0.3 is 16.2 Å². The van der Waals surface area contributed by atoms with Crippen molar-refractivity contribution in [2.45, 2.75) is 18.5 Å². The molecule has 0 saturated carbocycles. The Labute approximate surface area is 220 Å². The highest BCUT2D eigenvalue weighted by Crippen LogP contribution is 2.31. The summed E-state index contributed by atoms with van der Waals surface area (Å²) in [6, 6.07) is 19.8. The Kier molecular flexibility index (Phi) is 7.75. The first-order valence-corrected chi connectivity index (χ1v) is 11.6. The van der Waals surface area contributed by atoms with Gasteiger partial charge in [0.2, 0.25) is 11.9 Å². The number of guanidine groups is 1. The third-order valence-electron chi connectivity index (χ3n) is 5.81. The van der Waals surface area contributed by atoms with Gasteiger partial charge in [0.1, 0.15) is 6.42 Å². The molecule has 4 N–H and O–H groups in total. The number of benzene rings is 3. The van der Waals surface area contributed by atoms with Crippen LogP contribution in [-0.4, -0.2) is 46.1 Å². The number of hydrogen-bond acceptors (Lipinski definition) is 4. The molecule has 12 heteroatoms. The van der Waals surface area contributed by atoms with Gasteiger partial charge in [-0.3, -0.25) is 14.4 Å². The van der Waals surface area contributed by atoms with Crippen molar-refractivity contribution in [2.75, 3.05) is 11.9 Å². The molecule has 1 aliphatic heterocycles. The summed E-state index contributed by atoms with van der Waals surface area (Å²) in [4.78, 5) is 38.9. The topological polar surface area (TPSA) is 137 Å². The molecular formula is C27H22F3N5O4. The normalized spacial score (nSPS) is 15.6. The van der Waals surface area contributed by atoms with Crippen LogP contribution in [0.3, 0.4) is 0 Å². The molecule has 4 rings (SSSR count).